The Morgan fingerprint density at radius 1 is 1.25 bits per heavy atom. The summed E-state index contributed by atoms with van der Waals surface area (Å²) in [5.74, 6) is -0.500. The summed E-state index contributed by atoms with van der Waals surface area (Å²) in [6.45, 7) is 3.47. The molecule has 6 nitrogen and oxygen atoms in total. The second-order valence-corrected chi connectivity index (χ2v) is 6.04. The van der Waals surface area contributed by atoms with Crippen LogP contribution >= 0.6 is 0 Å². The summed E-state index contributed by atoms with van der Waals surface area (Å²) in [5, 5.41) is 3.87. The average Bonchev–Trinajstić information content (AvgIpc) is 2.44. The van der Waals surface area contributed by atoms with Crippen LogP contribution in [0.2, 0.25) is 0 Å². The van der Waals surface area contributed by atoms with Gasteiger partial charge in [0.05, 0.1) is 11.4 Å². The highest BCUT2D eigenvalue weighted by Gasteiger charge is 2.14. The SMILES string of the molecule is CCC/C(C)=N\NC(=O)CNS(=O)(=O)c1ccccc1. The molecule has 1 rings (SSSR count). The van der Waals surface area contributed by atoms with Gasteiger partial charge in [0, 0.05) is 5.71 Å². The number of hydrazone groups is 1. The Morgan fingerprint density at radius 2 is 1.90 bits per heavy atom. The minimum atomic E-state index is -3.66. The van der Waals surface area contributed by atoms with Crippen LogP contribution in [0, 0.1) is 0 Å². The third kappa shape index (κ3) is 5.50. The molecule has 0 aromatic heterocycles. The molecule has 0 spiro atoms. The predicted molar refractivity (Wildman–Crippen MR) is 77.8 cm³/mol. The van der Waals surface area contributed by atoms with Crippen LogP contribution in [0.15, 0.2) is 40.3 Å². The minimum Gasteiger partial charge on any atom is -0.272 e. The normalized spacial score (nSPS) is 12.2. The molecule has 0 aliphatic rings. The second kappa shape index (κ2) is 7.76. The van der Waals surface area contributed by atoms with Crippen molar-refractivity contribution in [2.75, 3.05) is 6.54 Å². The third-order valence-corrected chi connectivity index (χ3v) is 3.88. The van der Waals surface area contributed by atoms with E-state index >= 15 is 0 Å². The Balaban J connectivity index is 2.51. The maximum atomic E-state index is 11.9. The van der Waals surface area contributed by atoms with E-state index in [1.165, 1.54) is 12.1 Å². The van der Waals surface area contributed by atoms with Crippen LogP contribution in [0.3, 0.4) is 0 Å². The molecule has 0 atom stereocenters. The van der Waals surface area contributed by atoms with Crippen molar-refractivity contribution in [1.82, 2.24) is 10.1 Å². The smallest absolute Gasteiger partial charge is 0.255 e. The highest BCUT2D eigenvalue weighted by Crippen LogP contribution is 2.06. The van der Waals surface area contributed by atoms with Crippen LogP contribution in [0.5, 0.6) is 0 Å². The average molecular weight is 297 g/mol. The van der Waals surface area contributed by atoms with Crippen LogP contribution < -0.4 is 10.1 Å². The number of nitrogens with zero attached hydrogens (tertiary/aromatic N) is 1. The molecule has 0 fully saturated rings. The molecular weight excluding hydrogens is 278 g/mol. The zero-order valence-corrected chi connectivity index (χ0v) is 12.4. The number of hydrogen-bond acceptors (Lipinski definition) is 4. The molecule has 0 bridgehead atoms. The number of nitrogens with one attached hydrogen (secondary N) is 2. The fraction of sp³-hybridized carbons (Fsp3) is 0.385. The van der Waals surface area contributed by atoms with Crippen LogP contribution in [0.1, 0.15) is 26.7 Å². The van der Waals surface area contributed by atoms with Gasteiger partial charge in [0.2, 0.25) is 10.0 Å². The Labute approximate surface area is 119 Å². The maximum Gasteiger partial charge on any atom is 0.255 e. The molecule has 0 heterocycles. The molecule has 0 unspecified atom stereocenters. The molecule has 0 aliphatic heterocycles. The van der Waals surface area contributed by atoms with E-state index in [1.54, 1.807) is 25.1 Å². The van der Waals surface area contributed by atoms with Gasteiger partial charge in [-0.2, -0.15) is 5.10 Å². The zero-order valence-electron chi connectivity index (χ0n) is 11.6. The summed E-state index contributed by atoms with van der Waals surface area (Å²) < 4.78 is 25.9. The lowest BCUT2D eigenvalue weighted by Crippen LogP contribution is -2.35. The summed E-state index contributed by atoms with van der Waals surface area (Å²) in [6.07, 6.45) is 1.72. The monoisotopic (exact) mass is 297 g/mol. The Hall–Kier alpha value is -1.73. The summed E-state index contributed by atoms with van der Waals surface area (Å²) in [4.78, 5) is 11.6. The van der Waals surface area contributed by atoms with Gasteiger partial charge in [-0.25, -0.2) is 18.6 Å². The molecule has 1 aromatic carbocycles. The van der Waals surface area contributed by atoms with E-state index in [2.05, 4.69) is 15.2 Å². The first kappa shape index (κ1) is 16.3. The fourth-order valence-corrected chi connectivity index (χ4v) is 2.46. The van der Waals surface area contributed by atoms with Crippen LogP contribution in [-0.4, -0.2) is 26.6 Å². The molecule has 0 aliphatic carbocycles. The molecule has 110 valence electrons. The summed E-state index contributed by atoms with van der Waals surface area (Å²) in [6, 6.07) is 7.88. The lowest BCUT2D eigenvalue weighted by atomic mass is 10.2. The van der Waals surface area contributed by atoms with E-state index in [-0.39, 0.29) is 11.4 Å². The minimum absolute atomic E-state index is 0.124. The van der Waals surface area contributed by atoms with Gasteiger partial charge < -0.3 is 0 Å². The Kier molecular flexibility index (Phi) is 6.33. The van der Waals surface area contributed by atoms with Gasteiger partial charge in [0.25, 0.3) is 5.91 Å². The largest absolute Gasteiger partial charge is 0.272 e. The second-order valence-electron chi connectivity index (χ2n) is 4.27. The molecule has 0 saturated carbocycles. The summed E-state index contributed by atoms with van der Waals surface area (Å²) in [7, 11) is -3.66. The highest BCUT2D eigenvalue weighted by atomic mass is 32.2. The highest BCUT2D eigenvalue weighted by molar-refractivity contribution is 7.89. The molecule has 20 heavy (non-hydrogen) atoms. The number of benzene rings is 1. The first-order valence-corrected chi connectivity index (χ1v) is 7.80. The molecule has 1 aromatic rings. The van der Waals surface area contributed by atoms with Crippen molar-refractivity contribution in [3.8, 4) is 0 Å². The van der Waals surface area contributed by atoms with Crippen LogP contribution in [0.25, 0.3) is 0 Å². The fourth-order valence-electron chi connectivity index (χ4n) is 1.46. The van der Waals surface area contributed by atoms with E-state index in [0.717, 1.165) is 18.6 Å². The van der Waals surface area contributed by atoms with Crippen molar-refractivity contribution >= 4 is 21.6 Å². The predicted octanol–water partition coefficient (Wildman–Crippen LogP) is 1.26. The molecule has 0 saturated heterocycles. The van der Waals surface area contributed by atoms with Crippen LogP contribution in [-0.2, 0) is 14.8 Å². The lowest BCUT2D eigenvalue weighted by Gasteiger charge is -2.06. The maximum absolute atomic E-state index is 11.9. The van der Waals surface area contributed by atoms with E-state index in [9.17, 15) is 13.2 Å². The summed E-state index contributed by atoms with van der Waals surface area (Å²) >= 11 is 0. The Bertz CT molecular complexity index is 568. The van der Waals surface area contributed by atoms with E-state index in [4.69, 9.17) is 0 Å². The van der Waals surface area contributed by atoms with Gasteiger partial charge in [-0.3, -0.25) is 4.79 Å². The Morgan fingerprint density at radius 3 is 2.50 bits per heavy atom. The van der Waals surface area contributed by atoms with Crippen LogP contribution in [0.4, 0.5) is 0 Å². The van der Waals surface area contributed by atoms with Gasteiger partial charge in [-0.05, 0) is 25.5 Å². The van der Waals surface area contributed by atoms with E-state index in [1.807, 2.05) is 6.92 Å². The number of carbonyl (C=O) groups is 1. The quantitative estimate of drug-likeness (QED) is 0.586. The standard InChI is InChI=1S/C13H19N3O3S/c1-3-7-11(2)15-16-13(17)10-14-20(18,19)12-8-5-4-6-9-12/h4-6,8-9,14H,3,7,10H2,1-2H3,(H,16,17)/b15-11-. The first-order valence-electron chi connectivity index (χ1n) is 6.32. The first-order chi connectivity index (χ1) is 9.45. The third-order valence-electron chi connectivity index (χ3n) is 2.46. The van der Waals surface area contributed by atoms with Gasteiger partial charge >= 0.3 is 0 Å². The van der Waals surface area contributed by atoms with Crippen molar-refractivity contribution < 1.29 is 13.2 Å². The number of hydrogen-bond donors (Lipinski definition) is 2. The number of rotatable bonds is 7. The molecule has 7 heteroatoms. The molecule has 0 radical (unpaired) electrons. The molecule has 1 amide bonds. The van der Waals surface area contributed by atoms with Gasteiger partial charge in [-0.1, -0.05) is 31.5 Å². The van der Waals surface area contributed by atoms with Crippen molar-refractivity contribution in [2.45, 2.75) is 31.6 Å². The lowest BCUT2D eigenvalue weighted by molar-refractivity contribution is -0.119. The van der Waals surface area contributed by atoms with Crippen molar-refractivity contribution in [3.05, 3.63) is 30.3 Å². The van der Waals surface area contributed by atoms with E-state index in [0.29, 0.717) is 0 Å². The molecule has 2 N–H and O–H groups in total. The topological polar surface area (TPSA) is 87.6 Å². The summed E-state index contributed by atoms with van der Waals surface area (Å²) in [5.41, 5.74) is 3.11. The molecular formula is C13H19N3O3S. The number of carbonyl (C=O) groups excluding carboxylic acids is 1. The van der Waals surface area contributed by atoms with Gasteiger partial charge in [-0.15, -0.1) is 0 Å². The van der Waals surface area contributed by atoms with Crippen molar-refractivity contribution in [3.63, 3.8) is 0 Å². The van der Waals surface area contributed by atoms with E-state index < -0.39 is 15.9 Å². The van der Waals surface area contributed by atoms with Crippen molar-refractivity contribution in [2.24, 2.45) is 5.10 Å². The zero-order chi connectivity index (χ0) is 15.0. The number of sulfonamides is 1. The number of amides is 1. The van der Waals surface area contributed by atoms with Gasteiger partial charge in [0.1, 0.15) is 0 Å². The van der Waals surface area contributed by atoms with Gasteiger partial charge in [0.15, 0.2) is 0 Å². The van der Waals surface area contributed by atoms with Crippen molar-refractivity contribution in [1.29, 1.82) is 0 Å².